The Labute approximate surface area is 76.6 Å². The van der Waals surface area contributed by atoms with Crippen molar-refractivity contribution >= 4 is 11.7 Å². The van der Waals surface area contributed by atoms with Gasteiger partial charge in [0.2, 0.25) is 5.88 Å². The first-order chi connectivity index (χ1) is 6.40. The van der Waals surface area contributed by atoms with Gasteiger partial charge in [-0.3, -0.25) is 0 Å². The fourth-order valence-corrected chi connectivity index (χ4v) is 1.33. The minimum Gasteiger partial charge on any atom is -0.378 e. The van der Waals surface area contributed by atoms with E-state index < -0.39 is 0 Å². The van der Waals surface area contributed by atoms with E-state index in [1.54, 1.807) is 0 Å². The van der Waals surface area contributed by atoms with Crippen molar-refractivity contribution in [3.05, 3.63) is 6.07 Å². The first-order valence-electron chi connectivity index (χ1n) is 4.37. The van der Waals surface area contributed by atoms with Gasteiger partial charge >= 0.3 is 0 Å². The van der Waals surface area contributed by atoms with Crippen molar-refractivity contribution in [3.8, 4) is 0 Å². The van der Waals surface area contributed by atoms with Crippen LogP contribution < -0.4 is 10.2 Å². The maximum Gasteiger partial charge on any atom is 0.226 e. The van der Waals surface area contributed by atoms with E-state index in [1.165, 1.54) is 0 Å². The third-order valence-corrected chi connectivity index (χ3v) is 2.08. The normalized spacial score (nSPS) is 17.5. The van der Waals surface area contributed by atoms with E-state index in [-0.39, 0.29) is 0 Å². The monoisotopic (exact) mass is 183 g/mol. The molecule has 0 radical (unpaired) electrons. The number of aromatic nitrogens is 1. The Balaban J connectivity index is 2.05. The molecule has 1 aromatic rings. The summed E-state index contributed by atoms with van der Waals surface area (Å²) < 4.78 is 10.3. The number of nitrogens with one attached hydrogen (secondary N) is 1. The molecule has 2 heterocycles. The van der Waals surface area contributed by atoms with Crippen LogP contribution in [0.3, 0.4) is 0 Å². The second kappa shape index (κ2) is 3.66. The second-order valence-electron chi connectivity index (χ2n) is 2.90. The zero-order valence-electron chi connectivity index (χ0n) is 7.62. The summed E-state index contributed by atoms with van der Waals surface area (Å²) in [5.41, 5.74) is 0. The largest absolute Gasteiger partial charge is 0.378 e. The summed E-state index contributed by atoms with van der Waals surface area (Å²) in [6, 6.07) is 1.89. The molecule has 1 aliphatic rings. The van der Waals surface area contributed by atoms with Crippen molar-refractivity contribution in [1.82, 2.24) is 5.16 Å². The minimum atomic E-state index is 0.696. The molecule has 72 valence electrons. The van der Waals surface area contributed by atoms with E-state index in [1.807, 2.05) is 13.1 Å². The van der Waals surface area contributed by atoms with E-state index in [4.69, 9.17) is 9.26 Å². The molecule has 1 aliphatic heterocycles. The van der Waals surface area contributed by atoms with Gasteiger partial charge in [0.15, 0.2) is 5.82 Å². The average Bonchev–Trinajstić information content (AvgIpc) is 2.67. The molecule has 1 aromatic heterocycles. The second-order valence-corrected chi connectivity index (χ2v) is 2.90. The fourth-order valence-electron chi connectivity index (χ4n) is 1.33. The molecule has 0 aliphatic carbocycles. The van der Waals surface area contributed by atoms with Crippen LogP contribution in [0.5, 0.6) is 0 Å². The van der Waals surface area contributed by atoms with Gasteiger partial charge in [-0.1, -0.05) is 5.16 Å². The van der Waals surface area contributed by atoms with Crippen LogP contribution in [0.25, 0.3) is 0 Å². The Bertz CT molecular complexity index is 268. The third kappa shape index (κ3) is 1.75. The van der Waals surface area contributed by atoms with Gasteiger partial charge in [-0.15, -0.1) is 0 Å². The number of morpholine rings is 1. The van der Waals surface area contributed by atoms with Crippen LogP contribution in [-0.2, 0) is 4.74 Å². The SMILES string of the molecule is CNc1cc(N2CCOCC2)no1. The summed E-state index contributed by atoms with van der Waals surface area (Å²) in [4.78, 5) is 2.15. The standard InChI is InChI=1S/C8H13N3O2/c1-9-8-6-7(10-13-8)11-2-4-12-5-3-11/h6,9H,2-5H2,1H3. The topological polar surface area (TPSA) is 50.5 Å². The van der Waals surface area contributed by atoms with E-state index in [2.05, 4.69) is 15.4 Å². The van der Waals surface area contributed by atoms with Crippen LogP contribution in [0.15, 0.2) is 10.6 Å². The molecule has 0 unspecified atom stereocenters. The number of anilines is 2. The molecule has 13 heavy (non-hydrogen) atoms. The molecule has 1 fully saturated rings. The first kappa shape index (κ1) is 8.37. The molecule has 2 rings (SSSR count). The lowest BCUT2D eigenvalue weighted by atomic mass is 10.4. The predicted molar refractivity (Wildman–Crippen MR) is 49.1 cm³/mol. The van der Waals surface area contributed by atoms with E-state index in [0.717, 1.165) is 32.1 Å². The molecule has 1 saturated heterocycles. The highest BCUT2D eigenvalue weighted by Gasteiger charge is 2.14. The quantitative estimate of drug-likeness (QED) is 0.725. The summed E-state index contributed by atoms with van der Waals surface area (Å²) in [6.07, 6.45) is 0. The van der Waals surface area contributed by atoms with Gasteiger partial charge in [-0.05, 0) is 0 Å². The Morgan fingerprint density at radius 2 is 2.23 bits per heavy atom. The van der Waals surface area contributed by atoms with Crippen molar-refractivity contribution in [1.29, 1.82) is 0 Å². The molecule has 0 aromatic carbocycles. The molecular weight excluding hydrogens is 170 g/mol. The van der Waals surface area contributed by atoms with E-state index >= 15 is 0 Å². The first-order valence-corrected chi connectivity index (χ1v) is 4.37. The van der Waals surface area contributed by atoms with Crippen LogP contribution in [0.1, 0.15) is 0 Å². The molecule has 5 nitrogen and oxygen atoms in total. The van der Waals surface area contributed by atoms with Gasteiger partial charge in [-0.2, -0.15) is 0 Å². The Kier molecular flexibility index (Phi) is 2.35. The minimum absolute atomic E-state index is 0.696. The number of rotatable bonds is 2. The van der Waals surface area contributed by atoms with Crippen LogP contribution in [0, 0.1) is 0 Å². The summed E-state index contributed by atoms with van der Waals surface area (Å²) in [6.45, 7) is 3.30. The van der Waals surface area contributed by atoms with Gasteiger partial charge in [0.1, 0.15) is 0 Å². The molecular formula is C8H13N3O2. The number of nitrogens with zero attached hydrogens (tertiary/aromatic N) is 2. The zero-order valence-corrected chi connectivity index (χ0v) is 7.62. The summed E-state index contributed by atoms with van der Waals surface area (Å²) in [7, 11) is 1.81. The van der Waals surface area contributed by atoms with Crippen LogP contribution in [0.2, 0.25) is 0 Å². The summed E-state index contributed by atoms with van der Waals surface area (Å²) >= 11 is 0. The molecule has 0 bridgehead atoms. The lowest BCUT2D eigenvalue weighted by molar-refractivity contribution is 0.122. The highest BCUT2D eigenvalue weighted by Crippen LogP contribution is 2.18. The lowest BCUT2D eigenvalue weighted by Gasteiger charge is -2.25. The smallest absolute Gasteiger partial charge is 0.226 e. The van der Waals surface area contributed by atoms with Crippen molar-refractivity contribution in [2.24, 2.45) is 0 Å². The number of hydrogen-bond acceptors (Lipinski definition) is 5. The van der Waals surface area contributed by atoms with Crippen molar-refractivity contribution in [2.45, 2.75) is 0 Å². The van der Waals surface area contributed by atoms with Gasteiger partial charge in [0.05, 0.1) is 13.2 Å². The van der Waals surface area contributed by atoms with Gasteiger partial charge in [0, 0.05) is 26.2 Å². The van der Waals surface area contributed by atoms with E-state index in [9.17, 15) is 0 Å². The Hall–Kier alpha value is -1.23. The Morgan fingerprint density at radius 1 is 1.46 bits per heavy atom. The fraction of sp³-hybridized carbons (Fsp3) is 0.625. The van der Waals surface area contributed by atoms with Gasteiger partial charge < -0.3 is 19.5 Å². The van der Waals surface area contributed by atoms with Crippen LogP contribution in [-0.4, -0.2) is 38.5 Å². The van der Waals surface area contributed by atoms with Gasteiger partial charge in [-0.25, -0.2) is 0 Å². The maximum atomic E-state index is 5.24. The average molecular weight is 183 g/mol. The molecule has 0 amide bonds. The van der Waals surface area contributed by atoms with Crippen molar-refractivity contribution < 1.29 is 9.26 Å². The molecule has 0 spiro atoms. The molecule has 5 heteroatoms. The van der Waals surface area contributed by atoms with Crippen molar-refractivity contribution in [3.63, 3.8) is 0 Å². The Morgan fingerprint density at radius 3 is 2.85 bits per heavy atom. The van der Waals surface area contributed by atoms with Crippen LogP contribution >= 0.6 is 0 Å². The maximum absolute atomic E-state index is 5.24. The lowest BCUT2D eigenvalue weighted by Crippen LogP contribution is -2.36. The molecule has 1 N–H and O–H groups in total. The molecule has 0 atom stereocenters. The number of ether oxygens (including phenoxy) is 1. The predicted octanol–water partition coefficient (Wildman–Crippen LogP) is 0.553. The van der Waals surface area contributed by atoms with Crippen LogP contribution in [0.4, 0.5) is 11.7 Å². The summed E-state index contributed by atoms with van der Waals surface area (Å²) in [5.74, 6) is 1.58. The number of hydrogen-bond donors (Lipinski definition) is 1. The molecule has 0 saturated carbocycles. The third-order valence-electron chi connectivity index (χ3n) is 2.08. The zero-order chi connectivity index (χ0) is 9.10. The van der Waals surface area contributed by atoms with Gasteiger partial charge in [0.25, 0.3) is 0 Å². The summed E-state index contributed by atoms with van der Waals surface area (Å²) in [5, 5.41) is 6.84. The highest BCUT2D eigenvalue weighted by molar-refractivity contribution is 5.46. The van der Waals surface area contributed by atoms with E-state index in [0.29, 0.717) is 5.88 Å². The highest BCUT2D eigenvalue weighted by atomic mass is 16.5. The van der Waals surface area contributed by atoms with Crippen molar-refractivity contribution in [2.75, 3.05) is 43.6 Å².